The van der Waals surface area contributed by atoms with Gasteiger partial charge in [-0.3, -0.25) is 9.69 Å². The Balaban J connectivity index is 1.45. The molecule has 0 bridgehead atoms. The van der Waals surface area contributed by atoms with Crippen LogP contribution >= 0.6 is 0 Å². The summed E-state index contributed by atoms with van der Waals surface area (Å²) < 4.78 is 10.7. The molecule has 6 heteroatoms. The third-order valence-corrected chi connectivity index (χ3v) is 4.16. The van der Waals surface area contributed by atoms with Crippen LogP contribution in [-0.4, -0.2) is 42.2 Å². The number of ether oxygens (including phenoxy) is 1. The van der Waals surface area contributed by atoms with Crippen molar-refractivity contribution in [3.8, 4) is 5.75 Å². The molecule has 128 valence electrons. The van der Waals surface area contributed by atoms with Gasteiger partial charge in [-0.15, -0.1) is 0 Å². The van der Waals surface area contributed by atoms with Crippen LogP contribution in [-0.2, 0) is 0 Å². The summed E-state index contributed by atoms with van der Waals surface area (Å²) in [7, 11) is 0. The molecule has 1 amide bonds. The molecule has 24 heavy (non-hydrogen) atoms. The van der Waals surface area contributed by atoms with Gasteiger partial charge < -0.3 is 14.6 Å². The first-order valence-electron chi connectivity index (χ1n) is 8.30. The number of benzene rings is 1. The van der Waals surface area contributed by atoms with Crippen molar-refractivity contribution in [2.75, 3.05) is 31.6 Å². The molecule has 0 aliphatic carbocycles. The zero-order valence-corrected chi connectivity index (χ0v) is 14.1. The van der Waals surface area contributed by atoms with Crippen LogP contribution in [0.2, 0.25) is 0 Å². The highest BCUT2D eigenvalue weighted by Gasteiger charge is 2.17. The zero-order chi connectivity index (χ0) is 16.9. The van der Waals surface area contributed by atoms with Crippen LogP contribution in [0.25, 0.3) is 0 Å². The normalized spacial score (nSPS) is 17.8. The fourth-order valence-corrected chi connectivity index (χ4v) is 2.83. The molecule has 1 aliphatic rings. The van der Waals surface area contributed by atoms with Gasteiger partial charge in [0.15, 0.2) is 5.69 Å². The highest BCUT2D eigenvalue weighted by molar-refractivity contribution is 6.02. The lowest BCUT2D eigenvalue weighted by atomic mass is 10.2. The number of carbonyl (C=O) groups excluding carboxylic acids is 1. The lowest BCUT2D eigenvalue weighted by molar-refractivity contribution is 0.101. The fourth-order valence-electron chi connectivity index (χ4n) is 2.83. The summed E-state index contributed by atoms with van der Waals surface area (Å²) in [5.41, 5.74) is 0.967. The number of anilines is 1. The number of amides is 1. The third kappa shape index (κ3) is 4.35. The fraction of sp³-hybridized carbons (Fsp3) is 0.444. The van der Waals surface area contributed by atoms with Crippen LogP contribution in [0.3, 0.4) is 0 Å². The molecule has 2 heterocycles. The van der Waals surface area contributed by atoms with Crippen LogP contribution in [0.4, 0.5) is 5.69 Å². The number of hydrogen-bond acceptors (Lipinski definition) is 5. The molecule has 0 spiro atoms. The van der Waals surface area contributed by atoms with E-state index in [0.29, 0.717) is 18.1 Å². The number of nitrogens with one attached hydrogen (secondary N) is 1. The van der Waals surface area contributed by atoms with Crippen LogP contribution in [0.5, 0.6) is 5.75 Å². The third-order valence-electron chi connectivity index (χ3n) is 4.16. The van der Waals surface area contributed by atoms with E-state index in [1.165, 1.54) is 6.42 Å². The Morgan fingerprint density at radius 1 is 1.42 bits per heavy atom. The Labute approximate surface area is 141 Å². The summed E-state index contributed by atoms with van der Waals surface area (Å²) in [5.74, 6) is 1.92. The summed E-state index contributed by atoms with van der Waals surface area (Å²) in [6.45, 7) is 7.99. The highest BCUT2D eigenvalue weighted by Crippen LogP contribution is 2.18. The van der Waals surface area contributed by atoms with Crippen molar-refractivity contribution in [3.63, 3.8) is 0 Å². The second kappa shape index (κ2) is 7.49. The van der Waals surface area contributed by atoms with E-state index >= 15 is 0 Å². The minimum Gasteiger partial charge on any atom is -0.492 e. The van der Waals surface area contributed by atoms with Crippen molar-refractivity contribution in [1.29, 1.82) is 0 Å². The molecule has 0 unspecified atom stereocenters. The van der Waals surface area contributed by atoms with E-state index in [9.17, 15) is 4.79 Å². The minimum absolute atomic E-state index is 0.271. The lowest BCUT2D eigenvalue weighted by Gasteiger charge is -2.15. The van der Waals surface area contributed by atoms with Gasteiger partial charge in [0.1, 0.15) is 18.1 Å². The second-order valence-electron chi connectivity index (χ2n) is 6.34. The van der Waals surface area contributed by atoms with Gasteiger partial charge in [0.05, 0.1) is 0 Å². The van der Waals surface area contributed by atoms with Gasteiger partial charge >= 0.3 is 0 Å². The van der Waals surface area contributed by atoms with Crippen molar-refractivity contribution < 1.29 is 14.1 Å². The molecule has 1 saturated heterocycles. The molecule has 3 rings (SSSR count). The topological polar surface area (TPSA) is 67.6 Å². The number of likely N-dealkylation sites (tertiary alicyclic amines) is 1. The van der Waals surface area contributed by atoms with Gasteiger partial charge in [-0.25, -0.2) is 0 Å². The molecule has 1 aromatic heterocycles. The maximum absolute atomic E-state index is 12.0. The molecule has 6 nitrogen and oxygen atoms in total. The van der Waals surface area contributed by atoms with Gasteiger partial charge in [0, 0.05) is 24.8 Å². The Hall–Kier alpha value is -2.34. The predicted octanol–water partition coefficient (Wildman–Crippen LogP) is 2.96. The maximum Gasteiger partial charge on any atom is 0.277 e. The highest BCUT2D eigenvalue weighted by atomic mass is 16.5. The van der Waals surface area contributed by atoms with Crippen LogP contribution < -0.4 is 10.1 Å². The summed E-state index contributed by atoms with van der Waals surface area (Å²) in [5, 5.41) is 6.48. The van der Waals surface area contributed by atoms with Gasteiger partial charge in [-0.1, -0.05) is 12.1 Å². The van der Waals surface area contributed by atoms with E-state index < -0.39 is 0 Å². The monoisotopic (exact) mass is 329 g/mol. The van der Waals surface area contributed by atoms with Crippen LogP contribution in [0, 0.1) is 12.8 Å². The summed E-state index contributed by atoms with van der Waals surface area (Å²) in [6, 6.07) is 8.95. The molecule has 0 saturated carbocycles. The largest absolute Gasteiger partial charge is 0.492 e. The molecule has 1 fully saturated rings. The number of carbonyl (C=O) groups is 1. The lowest BCUT2D eigenvalue weighted by Crippen LogP contribution is -2.25. The molecular formula is C18H23N3O3. The van der Waals surface area contributed by atoms with Crippen molar-refractivity contribution in [3.05, 3.63) is 41.8 Å². The summed E-state index contributed by atoms with van der Waals surface area (Å²) >= 11 is 0. The molecule has 0 radical (unpaired) electrons. The van der Waals surface area contributed by atoms with E-state index in [4.69, 9.17) is 9.26 Å². The minimum atomic E-state index is -0.288. The first-order valence-corrected chi connectivity index (χ1v) is 8.30. The standard InChI is InChI=1S/C18H23N3O3/c1-13-7-8-21(12-13)9-10-23-16-5-3-15(4-6-16)19-18(22)17-11-14(2)24-20-17/h3-6,11,13H,7-10,12H2,1-2H3,(H,19,22)/t13-/m0/s1. The smallest absolute Gasteiger partial charge is 0.277 e. The Bertz CT molecular complexity index is 681. The molecule has 2 aromatic rings. The Kier molecular flexibility index (Phi) is 5.15. The van der Waals surface area contributed by atoms with Crippen molar-refractivity contribution in [2.45, 2.75) is 20.3 Å². The molecule has 1 N–H and O–H groups in total. The predicted molar refractivity (Wildman–Crippen MR) is 91.4 cm³/mol. The Morgan fingerprint density at radius 3 is 2.83 bits per heavy atom. The first-order chi connectivity index (χ1) is 11.6. The van der Waals surface area contributed by atoms with E-state index in [1.54, 1.807) is 13.0 Å². The quantitative estimate of drug-likeness (QED) is 0.882. The molecule has 1 aromatic carbocycles. The number of nitrogens with zero attached hydrogens (tertiary/aromatic N) is 2. The average molecular weight is 329 g/mol. The van der Waals surface area contributed by atoms with Gasteiger partial charge in [-0.05, 0) is 50.1 Å². The van der Waals surface area contributed by atoms with Gasteiger partial charge in [0.25, 0.3) is 5.91 Å². The molecular weight excluding hydrogens is 306 g/mol. The van der Waals surface area contributed by atoms with Gasteiger partial charge in [0.2, 0.25) is 0 Å². The van der Waals surface area contributed by atoms with Crippen molar-refractivity contribution in [2.24, 2.45) is 5.92 Å². The molecule has 1 atom stereocenters. The van der Waals surface area contributed by atoms with Crippen LogP contribution in [0.1, 0.15) is 29.6 Å². The zero-order valence-electron chi connectivity index (χ0n) is 14.1. The SMILES string of the molecule is Cc1cc(C(=O)Nc2ccc(OCCN3CC[C@H](C)C3)cc2)no1. The van der Waals surface area contributed by atoms with E-state index in [2.05, 4.69) is 22.3 Å². The molecule has 1 aliphatic heterocycles. The van der Waals surface area contributed by atoms with Crippen molar-refractivity contribution >= 4 is 11.6 Å². The number of rotatable bonds is 6. The number of hydrogen-bond donors (Lipinski definition) is 1. The summed E-state index contributed by atoms with van der Waals surface area (Å²) in [4.78, 5) is 14.4. The van der Waals surface area contributed by atoms with Crippen molar-refractivity contribution in [1.82, 2.24) is 10.1 Å². The van der Waals surface area contributed by atoms with E-state index in [0.717, 1.165) is 31.3 Å². The van der Waals surface area contributed by atoms with E-state index in [-0.39, 0.29) is 11.6 Å². The number of aromatic nitrogens is 1. The number of aryl methyl sites for hydroxylation is 1. The average Bonchev–Trinajstić information content (AvgIpc) is 3.18. The van der Waals surface area contributed by atoms with Crippen LogP contribution in [0.15, 0.2) is 34.9 Å². The van der Waals surface area contributed by atoms with Gasteiger partial charge in [-0.2, -0.15) is 0 Å². The maximum atomic E-state index is 12.0. The van der Waals surface area contributed by atoms with E-state index in [1.807, 2.05) is 24.3 Å². The second-order valence-corrected chi connectivity index (χ2v) is 6.34. The summed E-state index contributed by atoms with van der Waals surface area (Å²) in [6.07, 6.45) is 1.28. The Morgan fingerprint density at radius 2 is 2.21 bits per heavy atom. The first kappa shape index (κ1) is 16.5.